The Morgan fingerprint density at radius 1 is 0.789 bits per heavy atom. The Kier molecular flexibility index (Phi) is 13.0. The number of methoxy groups -OCH3 is 2. The molecule has 310 valence electrons. The minimum atomic E-state index is -0.841. The standard InChI is InChI=1S/C39H53F2N9O7/c1-21(2)31(46-38(53)55-5)36(51)49-11-7-8-29(49)34-42-18-27(44-34)23-9-12-48(13-10-23)33-25(40)16-24(17-26(33)41)28-19-43-35(45-28)30-20-57-15-14-50(30)37(52)32(22(3)4)47-39(54)56-6/h16-19,21-23,29-32H,7-15,20H2,1-6H3,(H,42,44)(H,43,45)(H,46,53)(H,47,54)/t29-,30-,31-,32-/m0/s1. The first-order chi connectivity index (χ1) is 27.3. The summed E-state index contributed by atoms with van der Waals surface area (Å²) in [5.41, 5.74) is 1.44. The van der Waals surface area contributed by atoms with Crippen molar-refractivity contribution in [3.63, 3.8) is 0 Å². The molecule has 4 amide bonds. The third-order valence-electron chi connectivity index (χ3n) is 11.2. The molecule has 16 nitrogen and oxygen atoms in total. The SMILES string of the molecule is COC(=O)N[C@H](C(=O)N1CCOC[C@H]1c1ncc(-c2cc(F)c(N3CCC(c4cnc([C@@H]5CCCN5C(=O)[C@@H](NC(=O)OC)C(C)C)[nH]4)CC3)c(F)c2)[nH]1)C(C)C. The number of benzene rings is 1. The van der Waals surface area contributed by atoms with E-state index in [-0.39, 0.29) is 60.0 Å². The molecular formula is C39H53F2N9O7. The molecule has 0 radical (unpaired) electrons. The number of alkyl carbamates (subject to hydrolysis) is 2. The number of carbonyl (C=O) groups excluding carboxylic acids is 4. The zero-order valence-electron chi connectivity index (χ0n) is 33.3. The molecule has 0 spiro atoms. The van der Waals surface area contributed by atoms with Crippen LogP contribution in [0.3, 0.4) is 0 Å². The van der Waals surface area contributed by atoms with E-state index in [0.29, 0.717) is 56.4 Å². The Morgan fingerprint density at radius 3 is 1.93 bits per heavy atom. The summed E-state index contributed by atoms with van der Waals surface area (Å²) in [5, 5.41) is 5.27. The van der Waals surface area contributed by atoms with Crippen molar-refractivity contribution in [2.45, 2.75) is 83.5 Å². The molecule has 3 fully saturated rings. The number of nitrogens with zero attached hydrogens (tertiary/aromatic N) is 5. The highest BCUT2D eigenvalue weighted by atomic mass is 19.1. The number of ether oxygens (including phenoxy) is 3. The molecule has 2 aromatic heterocycles. The van der Waals surface area contributed by atoms with Gasteiger partial charge in [0.2, 0.25) is 11.8 Å². The second kappa shape index (κ2) is 17.9. The van der Waals surface area contributed by atoms with E-state index in [1.807, 2.05) is 27.7 Å². The van der Waals surface area contributed by atoms with Gasteiger partial charge in [0.15, 0.2) is 0 Å². The van der Waals surface area contributed by atoms with E-state index in [1.54, 1.807) is 20.9 Å². The first-order valence-corrected chi connectivity index (χ1v) is 19.5. The molecule has 1 aromatic carbocycles. The van der Waals surface area contributed by atoms with Crippen LogP contribution in [0.1, 0.15) is 88.7 Å². The number of amides is 4. The highest BCUT2D eigenvalue weighted by molar-refractivity contribution is 5.87. The van der Waals surface area contributed by atoms with E-state index in [4.69, 9.17) is 14.2 Å². The van der Waals surface area contributed by atoms with Gasteiger partial charge in [0.1, 0.15) is 47.1 Å². The van der Waals surface area contributed by atoms with Gasteiger partial charge in [-0.2, -0.15) is 0 Å². The van der Waals surface area contributed by atoms with Crippen LogP contribution in [0.15, 0.2) is 24.5 Å². The third kappa shape index (κ3) is 9.00. The van der Waals surface area contributed by atoms with Crippen molar-refractivity contribution in [1.82, 2.24) is 40.4 Å². The van der Waals surface area contributed by atoms with Crippen LogP contribution in [-0.2, 0) is 23.8 Å². The van der Waals surface area contributed by atoms with Crippen LogP contribution < -0.4 is 15.5 Å². The van der Waals surface area contributed by atoms with E-state index < -0.39 is 41.9 Å². The van der Waals surface area contributed by atoms with Crippen molar-refractivity contribution >= 4 is 29.7 Å². The summed E-state index contributed by atoms with van der Waals surface area (Å²) in [5.74, 6) is -1.15. The highest BCUT2D eigenvalue weighted by Crippen LogP contribution is 2.37. The highest BCUT2D eigenvalue weighted by Gasteiger charge is 2.39. The number of anilines is 1. The second-order valence-electron chi connectivity index (χ2n) is 15.5. The molecule has 57 heavy (non-hydrogen) atoms. The number of piperidine rings is 1. The molecule has 3 aliphatic rings. The third-order valence-corrected chi connectivity index (χ3v) is 11.2. The molecule has 6 rings (SSSR count). The van der Waals surface area contributed by atoms with E-state index in [0.717, 1.165) is 18.5 Å². The Balaban J connectivity index is 1.10. The number of carbonyl (C=O) groups is 4. The van der Waals surface area contributed by atoms with E-state index >= 15 is 8.78 Å². The van der Waals surface area contributed by atoms with E-state index in [1.165, 1.54) is 32.5 Å². The molecule has 4 N–H and O–H groups in total. The van der Waals surface area contributed by atoms with Crippen LogP contribution in [-0.4, -0.2) is 119 Å². The summed E-state index contributed by atoms with van der Waals surface area (Å²) in [7, 11) is 2.49. The number of halogens is 2. The molecule has 3 saturated heterocycles. The normalized spacial score (nSPS) is 20.1. The maximum Gasteiger partial charge on any atom is 0.407 e. The van der Waals surface area contributed by atoms with Crippen molar-refractivity contribution in [2.24, 2.45) is 11.8 Å². The maximum atomic E-state index is 15.8. The molecule has 18 heteroatoms. The fraction of sp³-hybridized carbons (Fsp3) is 0.590. The number of likely N-dealkylation sites (tertiary alicyclic amines) is 1. The first kappa shape index (κ1) is 41.4. The maximum absolute atomic E-state index is 15.8. The predicted molar refractivity (Wildman–Crippen MR) is 204 cm³/mol. The van der Waals surface area contributed by atoms with Crippen molar-refractivity contribution < 1.29 is 42.2 Å². The number of rotatable bonds is 11. The van der Waals surface area contributed by atoms with Gasteiger partial charge in [-0.1, -0.05) is 27.7 Å². The minimum Gasteiger partial charge on any atom is -0.453 e. The lowest BCUT2D eigenvalue weighted by atomic mass is 9.93. The molecule has 0 saturated carbocycles. The first-order valence-electron chi connectivity index (χ1n) is 19.5. The van der Waals surface area contributed by atoms with E-state index in [9.17, 15) is 19.2 Å². The van der Waals surface area contributed by atoms with Gasteiger partial charge >= 0.3 is 12.2 Å². The zero-order valence-corrected chi connectivity index (χ0v) is 33.3. The van der Waals surface area contributed by atoms with Crippen LogP contribution in [0.4, 0.5) is 24.1 Å². The lowest BCUT2D eigenvalue weighted by Gasteiger charge is -2.37. The monoisotopic (exact) mass is 797 g/mol. The number of nitrogens with one attached hydrogen (secondary N) is 4. The van der Waals surface area contributed by atoms with Gasteiger partial charge < -0.3 is 49.5 Å². The molecule has 0 bridgehead atoms. The smallest absolute Gasteiger partial charge is 0.407 e. The largest absolute Gasteiger partial charge is 0.453 e. The second-order valence-corrected chi connectivity index (χ2v) is 15.5. The number of H-pyrrole nitrogens is 2. The molecular weight excluding hydrogens is 744 g/mol. The van der Waals surface area contributed by atoms with Gasteiger partial charge in [-0.05, 0) is 49.7 Å². The quantitative estimate of drug-likeness (QED) is 0.210. The molecule has 3 aromatic rings. The van der Waals surface area contributed by atoms with Crippen LogP contribution >= 0.6 is 0 Å². The number of aromatic amines is 2. The van der Waals surface area contributed by atoms with Gasteiger partial charge in [0.05, 0.1) is 45.4 Å². The summed E-state index contributed by atoms with van der Waals surface area (Å²) in [6, 6.07) is 0.103. The van der Waals surface area contributed by atoms with Crippen molar-refractivity contribution in [2.75, 3.05) is 58.5 Å². The predicted octanol–water partition coefficient (Wildman–Crippen LogP) is 4.79. The van der Waals surface area contributed by atoms with Gasteiger partial charge in [0, 0.05) is 49.6 Å². The molecule has 0 aliphatic carbocycles. The summed E-state index contributed by atoms with van der Waals surface area (Å²) < 4.78 is 46.7. The molecule has 3 aliphatic heterocycles. The molecule has 5 heterocycles. The Hall–Kier alpha value is -5.26. The van der Waals surface area contributed by atoms with Gasteiger partial charge in [0.25, 0.3) is 0 Å². The lowest BCUT2D eigenvalue weighted by molar-refractivity contribution is -0.143. The fourth-order valence-electron chi connectivity index (χ4n) is 7.98. The van der Waals surface area contributed by atoms with Crippen LogP contribution in [0.5, 0.6) is 0 Å². The van der Waals surface area contributed by atoms with Crippen LogP contribution in [0.25, 0.3) is 11.3 Å². The number of aromatic nitrogens is 4. The van der Waals surface area contributed by atoms with Gasteiger partial charge in [-0.25, -0.2) is 28.3 Å². The van der Waals surface area contributed by atoms with Crippen molar-refractivity contribution in [3.05, 3.63) is 53.5 Å². The Bertz CT molecular complexity index is 1890. The fourth-order valence-corrected chi connectivity index (χ4v) is 7.98. The van der Waals surface area contributed by atoms with E-state index in [2.05, 4.69) is 30.6 Å². The summed E-state index contributed by atoms with van der Waals surface area (Å²) >= 11 is 0. The number of imidazole rings is 2. The van der Waals surface area contributed by atoms with Crippen molar-refractivity contribution in [3.8, 4) is 11.3 Å². The summed E-state index contributed by atoms with van der Waals surface area (Å²) in [6.07, 6.45) is 4.68. The Morgan fingerprint density at radius 2 is 1.35 bits per heavy atom. The lowest BCUT2D eigenvalue weighted by Crippen LogP contribution is -2.54. The molecule has 4 atom stereocenters. The number of hydrogen-bond donors (Lipinski definition) is 4. The minimum absolute atomic E-state index is 0.0774. The Labute approximate surface area is 330 Å². The van der Waals surface area contributed by atoms with Crippen LogP contribution in [0.2, 0.25) is 0 Å². The zero-order chi connectivity index (χ0) is 41.0. The topological polar surface area (TPSA) is 187 Å². The average Bonchev–Trinajstić information content (AvgIpc) is 4.00. The summed E-state index contributed by atoms with van der Waals surface area (Å²) in [4.78, 5) is 71.8. The van der Waals surface area contributed by atoms with Crippen LogP contribution in [0, 0.1) is 23.5 Å². The van der Waals surface area contributed by atoms with Gasteiger partial charge in [-0.15, -0.1) is 0 Å². The van der Waals surface area contributed by atoms with Gasteiger partial charge in [-0.3, -0.25) is 9.59 Å². The molecule has 0 unspecified atom stereocenters. The number of hydrogen-bond acceptors (Lipinski definition) is 10. The van der Waals surface area contributed by atoms with Crippen molar-refractivity contribution in [1.29, 1.82) is 0 Å². The summed E-state index contributed by atoms with van der Waals surface area (Å²) in [6.45, 7) is 9.46. The average molecular weight is 798 g/mol. The number of morpholine rings is 1.